The van der Waals surface area contributed by atoms with Crippen molar-refractivity contribution in [2.24, 2.45) is 17.6 Å². The van der Waals surface area contributed by atoms with Crippen LogP contribution < -0.4 is 5.73 Å². The molecule has 0 rings (SSSR count). The van der Waals surface area contributed by atoms with E-state index in [2.05, 4.69) is 4.74 Å². The average molecular weight is 243 g/mol. The van der Waals surface area contributed by atoms with Gasteiger partial charge in [0, 0.05) is 5.92 Å². The summed E-state index contributed by atoms with van der Waals surface area (Å²) < 4.78 is 4.45. The van der Waals surface area contributed by atoms with Crippen LogP contribution >= 0.6 is 0 Å². The van der Waals surface area contributed by atoms with E-state index in [1.165, 1.54) is 0 Å². The molecule has 0 spiro atoms. The maximum absolute atomic E-state index is 11.4. The monoisotopic (exact) mass is 243 g/mol. The zero-order valence-electron chi connectivity index (χ0n) is 10.9. The van der Waals surface area contributed by atoms with E-state index in [4.69, 9.17) is 5.73 Å². The van der Waals surface area contributed by atoms with E-state index in [0.29, 0.717) is 12.8 Å². The molecule has 0 aromatic heterocycles. The van der Waals surface area contributed by atoms with E-state index < -0.39 is 29.7 Å². The van der Waals surface area contributed by atoms with Crippen molar-refractivity contribution in [1.29, 1.82) is 0 Å². The smallest absolute Gasteiger partial charge is 0.382 e. The number of ether oxygens (including phenoxy) is 1. The summed E-state index contributed by atoms with van der Waals surface area (Å²) in [4.78, 5) is 34.1. The van der Waals surface area contributed by atoms with Crippen molar-refractivity contribution in [3.05, 3.63) is 0 Å². The number of esters is 2. The van der Waals surface area contributed by atoms with Crippen LogP contribution in [0, 0.1) is 11.8 Å². The lowest BCUT2D eigenvalue weighted by atomic mass is 10.0. The van der Waals surface area contributed by atoms with Gasteiger partial charge >= 0.3 is 11.9 Å². The van der Waals surface area contributed by atoms with Crippen molar-refractivity contribution >= 4 is 17.7 Å². The first kappa shape index (κ1) is 15.8. The first-order valence-corrected chi connectivity index (χ1v) is 5.85. The second-order valence-corrected chi connectivity index (χ2v) is 4.62. The lowest BCUT2D eigenvalue weighted by molar-refractivity contribution is -0.166. The molecule has 0 saturated carbocycles. The molecule has 0 saturated heterocycles. The van der Waals surface area contributed by atoms with Crippen LogP contribution in [0.1, 0.15) is 40.5 Å². The van der Waals surface area contributed by atoms with E-state index in [-0.39, 0.29) is 5.92 Å². The minimum atomic E-state index is -1.11. The van der Waals surface area contributed by atoms with Gasteiger partial charge in [-0.15, -0.1) is 0 Å². The van der Waals surface area contributed by atoms with E-state index >= 15 is 0 Å². The molecule has 17 heavy (non-hydrogen) atoms. The number of rotatable bonds is 6. The molecule has 0 aliphatic heterocycles. The fraction of sp³-hybridized carbons (Fsp3) is 0.750. The third kappa shape index (κ3) is 5.58. The minimum Gasteiger partial charge on any atom is -0.386 e. The highest BCUT2D eigenvalue weighted by Gasteiger charge is 2.26. The van der Waals surface area contributed by atoms with E-state index in [1.54, 1.807) is 13.8 Å². The lowest BCUT2D eigenvalue weighted by Gasteiger charge is -2.12. The molecule has 0 amide bonds. The molecule has 0 bridgehead atoms. The molecule has 0 aromatic carbocycles. The maximum Gasteiger partial charge on any atom is 0.382 e. The molecule has 0 aliphatic rings. The van der Waals surface area contributed by atoms with Crippen molar-refractivity contribution in [1.82, 2.24) is 0 Å². The Morgan fingerprint density at radius 2 is 1.71 bits per heavy atom. The number of ketones is 1. The Morgan fingerprint density at radius 3 is 2.12 bits per heavy atom. The van der Waals surface area contributed by atoms with Gasteiger partial charge in [-0.2, -0.15) is 0 Å². The van der Waals surface area contributed by atoms with Gasteiger partial charge in [0.15, 0.2) is 0 Å². The van der Waals surface area contributed by atoms with Gasteiger partial charge in [0.2, 0.25) is 5.78 Å². The van der Waals surface area contributed by atoms with Crippen molar-refractivity contribution in [3.63, 3.8) is 0 Å². The topological polar surface area (TPSA) is 86.5 Å². The van der Waals surface area contributed by atoms with Crippen LogP contribution in [-0.2, 0) is 19.1 Å². The Morgan fingerprint density at radius 1 is 1.18 bits per heavy atom. The molecule has 2 atom stereocenters. The molecular formula is C12H21NO4. The number of carbonyl (C=O) groups excluding carboxylic acids is 3. The molecule has 0 aliphatic carbocycles. The number of nitrogens with two attached hydrogens (primary N) is 1. The Bertz CT molecular complexity index is 299. The zero-order valence-corrected chi connectivity index (χ0v) is 10.9. The van der Waals surface area contributed by atoms with Crippen LogP contribution in [0.2, 0.25) is 0 Å². The first-order valence-electron chi connectivity index (χ1n) is 5.85. The Balaban J connectivity index is 4.30. The molecule has 1 unspecified atom stereocenters. The Labute approximate surface area is 102 Å². The highest BCUT2D eigenvalue weighted by molar-refractivity contribution is 6.36. The van der Waals surface area contributed by atoms with Crippen LogP contribution in [0.25, 0.3) is 0 Å². The predicted octanol–water partition coefficient (Wildman–Crippen LogP) is 1.04. The Kier molecular flexibility index (Phi) is 6.65. The average Bonchev–Trinajstić information content (AvgIpc) is 2.25. The summed E-state index contributed by atoms with van der Waals surface area (Å²) in [6.07, 6.45) is 0.948. The third-order valence-electron chi connectivity index (χ3n) is 2.48. The fourth-order valence-corrected chi connectivity index (χ4v) is 1.21. The van der Waals surface area contributed by atoms with Crippen LogP contribution in [0.4, 0.5) is 0 Å². The molecule has 5 heteroatoms. The van der Waals surface area contributed by atoms with Gasteiger partial charge in [-0.1, -0.05) is 27.7 Å². The highest BCUT2D eigenvalue weighted by Crippen LogP contribution is 2.07. The standard InChI is InChI=1S/C12H21NO4/c1-5-8(4)10(14)12(16)17-11(15)9(13)6-7(2)3/h7-9H,5-6,13H2,1-4H3/t8?,9-/m0/s1. The number of hydrogen-bond donors (Lipinski definition) is 1. The van der Waals surface area contributed by atoms with Gasteiger partial charge in [0.05, 0.1) is 0 Å². The van der Waals surface area contributed by atoms with Crippen molar-refractivity contribution < 1.29 is 19.1 Å². The van der Waals surface area contributed by atoms with Crippen molar-refractivity contribution in [2.45, 2.75) is 46.6 Å². The van der Waals surface area contributed by atoms with Gasteiger partial charge in [0.1, 0.15) is 6.04 Å². The summed E-state index contributed by atoms with van der Waals surface area (Å²) >= 11 is 0. The quantitative estimate of drug-likeness (QED) is 0.428. The van der Waals surface area contributed by atoms with E-state index in [0.717, 1.165) is 0 Å². The third-order valence-corrected chi connectivity index (χ3v) is 2.48. The zero-order chi connectivity index (χ0) is 13.6. The summed E-state index contributed by atoms with van der Waals surface area (Å²) in [7, 11) is 0. The van der Waals surface area contributed by atoms with Gasteiger partial charge in [-0.05, 0) is 18.8 Å². The van der Waals surface area contributed by atoms with Crippen molar-refractivity contribution in [3.8, 4) is 0 Å². The summed E-state index contributed by atoms with van der Waals surface area (Å²) in [6.45, 7) is 7.20. The molecule has 0 fully saturated rings. The molecule has 0 aromatic rings. The van der Waals surface area contributed by atoms with Crippen LogP contribution in [0.5, 0.6) is 0 Å². The second-order valence-electron chi connectivity index (χ2n) is 4.62. The molecule has 2 N–H and O–H groups in total. The number of Topliss-reactive ketones (excluding diaryl/α,β-unsaturated/α-hetero) is 1. The summed E-state index contributed by atoms with van der Waals surface area (Å²) in [5.74, 6) is -2.84. The maximum atomic E-state index is 11.4. The lowest BCUT2D eigenvalue weighted by Crippen LogP contribution is -2.37. The van der Waals surface area contributed by atoms with E-state index in [1.807, 2.05) is 13.8 Å². The van der Waals surface area contributed by atoms with Gasteiger partial charge in [0.25, 0.3) is 0 Å². The van der Waals surface area contributed by atoms with Gasteiger partial charge in [-0.3, -0.25) is 4.79 Å². The largest absolute Gasteiger partial charge is 0.386 e. The van der Waals surface area contributed by atoms with Gasteiger partial charge < -0.3 is 10.5 Å². The van der Waals surface area contributed by atoms with Crippen LogP contribution in [0.15, 0.2) is 0 Å². The number of hydrogen-bond acceptors (Lipinski definition) is 5. The first-order chi connectivity index (χ1) is 7.79. The normalized spacial score (nSPS) is 14.2. The van der Waals surface area contributed by atoms with Crippen LogP contribution in [0.3, 0.4) is 0 Å². The Hall–Kier alpha value is -1.23. The van der Waals surface area contributed by atoms with Gasteiger partial charge in [-0.25, -0.2) is 9.59 Å². The molecule has 0 radical (unpaired) electrons. The molecule has 98 valence electrons. The summed E-state index contributed by atoms with van der Waals surface area (Å²) in [5.41, 5.74) is 5.54. The van der Waals surface area contributed by atoms with E-state index in [9.17, 15) is 14.4 Å². The SMILES string of the molecule is CCC(C)C(=O)C(=O)OC(=O)[C@@H](N)CC(C)C. The minimum absolute atomic E-state index is 0.220. The fourth-order valence-electron chi connectivity index (χ4n) is 1.21. The second kappa shape index (κ2) is 7.17. The number of carbonyl (C=O) groups is 3. The van der Waals surface area contributed by atoms with Crippen molar-refractivity contribution in [2.75, 3.05) is 0 Å². The molecule has 5 nitrogen and oxygen atoms in total. The summed E-state index contributed by atoms with van der Waals surface area (Å²) in [5, 5.41) is 0. The molecule has 0 heterocycles. The highest BCUT2D eigenvalue weighted by atomic mass is 16.6. The molecular weight excluding hydrogens is 222 g/mol. The predicted molar refractivity (Wildman–Crippen MR) is 63.0 cm³/mol. The van der Waals surface area contributed by atoms with Crippen LogP contribution in [-0.4, -0.2) is 23.8 Å². The summed E-state index contributed by atoms with van der Waals surface area (Å²) in [6, 6.07) is -0.858.